The van der Waals surface area contributed by atoms with Crippen molar-refractivity contribution >= 4 is 5.97 Å². The molecule has 3 aromatic carbocycles. The number of aliphatic carboxylic acids is 1. The predicted octanol–water partition coefficient (Wildman–Crippen LogP) is 6.55. The van der Waals surface area contributed by atoms with Gasteiger partial charge in [-0.3, -0.25) is 4.79 Å². The van der Waals surface area contributed by atoms with E-state index in [9.17, 15) is 4.79 Å². The first kappa shape index (κ1) is 21.1. The molecule has 1 fully saturated rings. The molecule has 5 nitrogen and oxygen atoms in total. The zero-order valence-corrected chi connectivity index (χ0v) is 18.4. The first-order valence-electron chi connectivity index (χ1n) is 11.6. The van der Waals surface area contributed by atoms with Crippen molar-refractivity contribution in [1.29, 1.82) is 0 Å². The maximum absolute atomic E-state index is 10.9. The lowest BCUT2D eigenvalue weighted by Gasteiger charge is -2.28. The van der Waals surface area contributed by atoms with E-state index in [1.807, 2.05) is 30.3 Å². The van der Waals surface area contributed by atoms with Crippen LogP contribution in [0.5, 0.6) is 0 Å². The van der Waals surface area contributed by atoms with Gasteiger partial charge < -0.3 is 10.1 Å². The minimum absolute atomic E-state index is 0.309. The van der Waals surface area contributed by atoms with Gasteiger partial charge in [0.25, 0.3) is 0 Å². The summed E-state index contributed by atoms with van der Waals surface area (Å²) in [4.78, 5) is 14.3. The van der Waals surface area contributed by atoms with Crippen LogP contribution in [0.15, 0.2) is 78.9 Å². The van der Waals surface area contributed by atoms with Crippen LogP contribution in [-0.2, 0) is 4.79 Å². The fourth-order valence-corrected chi connectivity index (χ4v) is 4.83. The Morgan fingerprint density at radius 3 is 1.82 bits per heavy atom. The van der Waals surface area contributed by atoms with E-state index in [-0.39, 0.29) is 0 Å². The molecule has 1 aliphatic rings. The summed E-state index contributed by atoms with van der Waals surface area (Å²) in [6.45, 7) is 0. The van der Waals surface area contributed by atoms with Crippen LogP contribution in [0.1, 0.15) is 43.6 Å². The Kier molecular flexibility index (Phi) is 6.03. The maximum atomic E-state index is 10.9. The molecule has 0 spiro atoms. The van der Waals surface area contributed by atoms with Gasteiger partial charge in [0, 0.05) is 17.5 Å². The van der Waals surface area contributed by atoms with Crippen LogP contribution in [0.2, 0.25) is 0 Å². The molecule has 1 aliphatic carbocycles. The van der Waals surface area contributed by atoms with E-state index < -0.39 is 5.97 Å². The molecule has 4 aromatic rings. The lowest BCUT2D eigenvalue weighted by atomic mass is 9.77. The molecule has 0 saturated heterocycles. The van der Waals surface area contributed by atoms with Crippen molar-refractivity contribution in [3.63, 3.8) is 0 Å². The van der Waals surface area contributed by atoms with E-state index in [4.69, 9.17) is 5.11 Å². The van der Waals surface area contributed by atoms with E-state index in [0.717, 1.165) is 48.5 Å². The third-order valence-electron chi connectivity index (χ3n) is 6.72. The summed E-state index contributed by atoms with van der Waals surface area (Å²) in [7, 11) is 0. The number of benzene rings is 3. The lowest BCUT2D eigenvalue weighted by Crippen LogP contribution is -2.16. The molecule has 1 aromatic heterocycles. The van der Waals surface area contributed by atoms with Gasteiger partial charge >= 0.3 is 5.97 Å². The average Bonchev–Trinajstić information content (AvgIpc) is 3.36. The third-order valence-corrected chi connectivity index (χ3v) is 6.72. The Morgan fingerprint density at radius 1 is 0.727 bits per heavy atom. The van der Waals surface area contributed by atoms with Crippen molar-refractivity contribution in [2.45, 2.75) is 38.0 Å². The first-order chi connectivity index (χ1) is 16.2. The number of nitrogens with one attached hydrogen (secondary N) is 1. The van der Waals surface area contributed by atoms with Crippen LogP contribution in [0, 0.1) is 5.92 Å². The molecule has 0 radical (unpaired) electrons. The molecule has 0 atom stereocenters. The summed E-state index contributed by atoms with van der Waals surface area (Å²) in [5, 5.41) is 17.6. The second-order valence-corrected chi connectivity index (χ2v) is 8.90. The smallest absolute Gasteiger partial charge is 0.303 e. The Labute approximate surface area is 193 Å². The lowest BCUT2D eigenvalue weighted by molar-refractivity contribution is -0.138. The molecule has 33 heavy (non-hydrogen) atoms. The van der Waals surface area contributed by atoms with Crippen molar-refractivity contribution in [2.24, 2.45) is 5.92 Å². The van der Waals surface area contributed by atoms with Crippen molar-refractivity contribution in [1.82, 2.24) is 15.2 Å². The number of nitrogens with zero attached hydrogens (tertiary/aromatic N) is 2. The zero-order chi connectivity index (χ0) is 22.6. The largest absolute Gasteiger partial charge is 0.481 e. The fraction of sp³-hybridized carbons (Fsp3) is 0.250. The number of hydrogen-bond donors (Lipinski definition) is 2. The number of H-pyrrole nitrogens is 1. The van der Waals surface area contributed by atoms with E-state index in [1.54, 1.807) is 0 Å². The van der Waals surface area contributed by atoms with Crippen molar-refractivity contribution in [2.75, 3.05) is 0 Å². The predicted molar refractivity (Wildman–Crippen MR) is 130 cm³/mol. The van der Waals surface area contributed by atoms with Gasteiger partial charge in [-0.05, 0) is 54.2 Å². The minimum Gasteiger partial charge on any atom is -0.481 e. The zero-order valence-electron chi connectivity index (χ0n) is 18.4. The van der Waals surface area contributed by atoms with Crippen molar-refractivity contribution in [3.05, 3.63) is 84.4 Å². The SMILES string of the molecule is O=C(O)C[C@H]1CC[C@H](c2ccc(-c3ccc(-c4nnc(-c5ccccc5)[nH]4)cc3)cc2)CC1. The number of carboxylic acids is 1. The van der Waals surface area contributed by atoms with Gasteiger partial charge in [0.05, 0.1) is 0 Å². The number of rotatable bonds is 6. The number of aromatic nitrogens is 3. The number of aromatic amines is 1. The quantitative estimate of drug-likeness (QED) is 0.358. The van der Waals surface area contributed by atoms with Gasteiger partial charge in [-0.1, -0.05) is 78.9 Å². The Hall–Kier alpha value is -3.73. The van der Waals surface area contributed by atoms with Gasteiger partial charge in [0.1, 0.15) is 0 Å². The van der Waals surface area contributed by atoms with Gasteiger partial charge in [0.15, 0.2) is 11.6 Å². The molecule has 2 N–H and O–H groups in total. The van der Waals surface area contributed by atoms with E-state index in [2.05, 4.69) is 63.7 Å². The molecule has 166 valence electrons. The summed E-state index contributed by atoms with van der Waals surface area (Å²) in [5.41, 5.74) is 5.73. The highest BCUT2D eigenvalue weighted by Crippen LogP contribution is 2.37. The van der Waals surface area contributed by atoms with Gasteiger partial charge in [-0.15, -0.1) is 10.2 Å². The number of carbonyl (C=O) groups is 1. The summed E-state index contributed by atoms with van der Waals surface area (Å²) in [6.07, 6.45) is 4.48. The second kappa shape index (κ2) is 9.41. The molecule has 1 saturated carbocycles. The number of carboxylic acid groups (broad SMARTS) is 1. The third kappa shape index (κ3) is 4.87. The minimum atomic E-state index is -0.672. The highest BCUT2D eigenvalue weighted by molar-refractivity contribution is 5.69. The molecule has 0 aliphatic heterocycles. The molecule has 5 heteroatoms. The second-order valence-electron chi connectivity index (χ2n) is 8.90. The molecular formula is C28H27N3O2. The summed E-state index contributed by atoms with van der Waals surface area (Å²) in [5.74, 6) is 1.73. The van der Waals surface area contributed by atoms with Crippen LogP contribution < -0.4 is 0 Å². The highest BCUT2D eigenvalue weighted by atomic mass is 16.4. The first-order valence-corrected chi connectivity index (χ1v) is 11.6. The maximum Gasteiger partial charge on any atom is 0.303 e. The van der Waals surface area contributed by atoms with E-state index in [0.29, 0.717) is 18.3 Å². The van der Waals surface area contributed by atoms with Crippen LogP contribution >= 0.6 is 0 Å². The Morgan fingerprint density at radius 2 is 1.24 bits per heavy atom. The monoisotopic (exact) mass is 437 g/mol. The van der Waals surface area contributed by atoms with Crippen LogP contribution in [0.4, 0.5) is 0 Å². The molecule has 0 amide bonds. The van der Waals surface area contributed by atoms with Gasteiger partial charge in [-0.25, -0.2) is 0 Å². The standard InChI is InChI=1S/C28H27N3O2/c32-26(33)18-19-6-8-20(9-7-19)21-10-12-22(13-11-21)23-14-16-25(17-15-23)28-29-27(30-31-28)24-4-2-1-3-5-24/h1-5,10-17,19-20H,6-9,18H2,(H,32,33)(H,29,30,31)/t19-,20-. The van der Waals surface area contributed by atoms with Crippen molar-refractivity contribution in [3.8, 4) is 33.9 Å². The molecule has 1 heterocycles. The van der Waals surface area contributed by atoms with Gasteiger partial charge in [0.2, 0.25) is 0 Å². The molecule has 5 rings (SSSR count). The fourth-order valence-electron chi connectivity index (χ4n) is 4.83. The molecule has 0 unspecified atom stereocenters. The topological polar surface area (TPSA) is 78.9 Å². The number of hydrogen-bond acceptors (Lipinski definition) is 3. The van der Waals surface area contributed by atoms with Crippen LogP contribution in [-0.4, -0.2) is 26.3 Å². The summed E-state index contributed by atoms with van der Waals surface area (Å²) in [6, 6.07) is 27.2. The molecular weight excluding hydrogens is 410 g/mol. The van der Waals surface area contributed by atoms with Crippen LogP contribution in [0.25, 0.3) is 33.9 Å². The Balaban J connectivity index is 1.25. The van der Waals surface area contributed by atoms with Crippen LogP contribution in [0.3, 0.4) is 0 Å². The summed E-state index contributed by atoms with van der Waals surface area (Å²) >= 11 is 0. The van der Waals surface area contributed by atoms with E-state index in [1.165, 1.54) is 16.7 Å². The van der Waals surface area contributed by atoms with E-state index >= 15 is 0 Å². The van der Waals surface area contributed by atoms with Gasteiger partial charge in [-0.2, -0.15) is 0 Å². The Bertz CT molecular complexity index is 1210. The van der Waals surface area contributed by atoms with Crippen molar-refractivity contribution < 1.29 is 9.90 Å². The molecule has 0 bridgehead atoms. The summed E-state index contributed by atoms with van der Waals surface area (Å²) < 4.78 is 0. The highest BCUT2D eigenvalue weighted by Gasteiger charge is 2.23. The normalized spacial score (nSPS) is 18.2. The average molecular weight is 438 g/mol.